The van der Waals surface area contributed by atoms with E-state index in [1.165, 1.54) is 16.1 Å². The number of aryl methyl sites for hydroxylation is 1. The Labute approximate surface area is 235 Å². The van der Waals surface area contributed by atoms with E-state index in [9.17, 15) is 0 Å². The summed E-state index contributed by atoms with van der Waals surface area (Å²) in [7, 11) is 1.78. The van der Waals surface area contributed by atoms with E-state index in [0.29, 0.717) is 34.4 Å². The van der Waals surface area contributed by atoms with Gasteiger partial charge in [0.2, 0.25) is 0 Å². The minimum Gasteiger partial charge on any atom is -0.396 e. The smallest absolute Gasteiger partial charge is 0.154 e. The zero-order chi connectivity index (χ0) is 27.8. The van der Waals surface area contributed by atoms with Crippen LogP contribution in [-0.2, 0) is 13.6 Å². The van der Waals surface area contributed by atoms with Crippen LogP contribution in [0.15, 0.2) is 84.0 Å². The molecule has 0 saturated heterocycles. The van der Waals surface area contributed by atoms with Crippen molar-refractivity contribution in [3.05, 3.63) is 111 Å². The normalized spacial score (nSPS) is 11.7. The maximum atomic E-state index is 6.32. The van der Waals surface area contributed by atoms with E-state index in [-0.39, 0.29) is 0 Å². The van der Waals surface area contributed by atoms with Crippen LogP contribution in [0.2, 0.25) is 5.15 Å². The predicted molar refractivity (Wildman–Crippen MR) is 159 cm³/mol. The lowest BCUT2D eigenvalue weighted by atomic mass is 10.0. The van der Waals surface area contributed by atoms with Crippen molar-refractivity contribution in [1.29, 1.82) is 0 Å². The molecule has 0 unspecified atom stereocenters. The van der Waals surface area contributed by atoms with Gasteiger partial charge in [-0.05, 0) is 28.5 Å². The zero-order valence-electron chi connectivity index (χ0n) is 22.6. The van der Waals surface area contributed by atoms with Crippen LogP contribution >= 0.6 is 23.2 Å². The fraction of sp³-hybridized carbons (Fsp3) is 0.267. The minimum absolute atomic E-state index is 0.348. The largest absolute Gasteiger partial charge is 0.396 e. The van der Waals surface area contributed by atoms with Crippen molar-refractivity contribution in [1.82, 2.24) is 20.0 Å². The highest BCUT2D eigenvalue weighted by Crippen LogP contribution is 2.26. The third-order valence-electron chi connectivity index (χ3n) is 6.17. The number of hydrogen-bond acceptors (Lipinski definition) is 5. The first-order valence-corrected chi connectivity index (χ1v) is 13.3. The number of nitrogens with zero attached hydrogens (tertiary/aromatic N) is 4. The van der Waals surface area contributed by atoms with Crippen LogP contribution in [0.3, 0.4) is 0 Å². The quantitative estimate of drug-likeness (QED) is 0.143. The third kappa shape index (κ3) is 7.60. The number of hydrogen-bond donors (Lipinski definition) is 2. The van der Waals surface area contributed by atoms with Gasteiger partial charge in [0.15, 0.2) is 5.15 Å². The number of hydrazine groups is 1. The lowest BCUT2D eigenvalue weighted by Gasteiger charge is -2.20. The molecule has 4 aromatic rings. The summed E-state index contributed by atoms with van der Waals surface area (Å²) in [5, 5.41) is 10.3. The van der Waals surface area contributed by atoms with Gasteiger partial charge in [-0.2, -0.15) is 0 Å². The molecule has 0 aliphatic carbocycles. The standard InChI is InChI=1S/C18H22ClN3.C12H14ClN3/c1-13(2)15-8-10-16(11-9-15)17(20)18(19)22(21)12-14-6-4-3-5-7-14;1-8(2)9-4-6-10(7-5-9)11-12(13)16(3)15-14-11/h3-11,13H,12,20-21H2,1-2H3;4-8H,1-3H3/b18-17-;. The first-order valence-electron chi connectivity index (χ1n) is 12.6. The van der Waals surface area contributed by atoms with Crippen LogP contribution in [0.5, 0.6) is 0 Å². The Hall–Kier alpha value is -3.32. The van der Waals surface area contributed by atoms with E-state index in [1.54, 1.807) is 11.7 Å². The van der Waals surface area contributed by atoms with E-state index < -0.39 is 0 Å². The third-order valence-corrected chi connectivity index (χ3v) is 7.01. The van der Waals surface area contributed by atoms with Gasteiger partial charge >= 0.3 is 0 Å². The lowest BCUT2D eigenvalue weighted by Crippen LogP contribution is -2.29. The fourth-order valence-corrected chi connectivity index (χ4v) is 4.07. The van der Waals surface area contributed by atoms with E-state index >= 15 is 0 Å². The Balaban J connectivity index is 0.000000221. The molecule has 0 amide bonds. The topological polar surface area (TPSA) is 86.0 Å². The van der Waals surface area contributed by atoms with Gasteiger partial charge in [0, 0.05) is 18.2 Å². The van der Waals surface area contributed by atoms with Gasteiger partial charge in [0.25, 0.3) is 0 Å². The van der Waals surface area contributed by atoms with Crippen molar-refractivity contribution >= 4 is 28.9 Å². The number of rotatable bonds is 7. The van der Waals surface area contributed by atoms with Crippen LogP contribution in [0, 0.1) is 0 Å². The molecule has 38 heavy (non-hydrogen) atoms. The molecule has 0 saturated carbocycles. The fourth-order valence-electron chi connectivity index (χ4n) is 3.72. The molecule has 4 N–H and O–H groups in total. The van der Waals surface area contributed by atoms with Crippen molar-refractivity contribution < 1.29 is 0 Å². The molecule has 0 atom stereocenters. The molecule has 3 aromatic carbocycles. The Bertz CT molecular complexity index is 1330. The highest BCUT2D eigenvalue weighted by molar-refractivity contribution is 6.32. The summed E-state index contributed by atoms with van der Waals surface area (Å²) >= 11 is 12.4. The summed E-state index contributed by atoms with van der Waals surface area (Å²) in [5.41, 5.74) is 12.9. The molecule has 0 aliphatic rings. The Morgan fingerprint density at radius 2 is 1.39 bits per heavy atom. The van der Waals surface area contributed by atoms with Gasteiger partial charge in [-0.25, -0.2) is 10.5 Å². The van der Waals surface area contributed by atoms with Crippen molar-refractivity contribution in [2.75, 3.05) is 0 Å². The molecule has 1 heterocycles. The van der Waals surface area contributed by atoms with Crippen molar-refractivity contribution in [2.24, 2.45) is 18.6 Å². The molecular formula is C30H36Cl2N6. The van der Waals surface area contributed by atoms with Crippen LogP contribution in [-0.4, -0.2) is 20.0 Å². The Kier molecular flexibility index (Phi) is 10.4. The summed E-state index contributed by atoms with van der Waals surface area (Å²) in [5.74, 6) is 7.05. The summed E-state index contributed by atoms with van der Waals surface area (Å²) in [6.07, 6.45) is 0. The van der Waals surface area contributed by atoms with Crippen molar-refractivity contribution in [3.63, 3.8) is 0 Å². The van der Waals surface area contributed by atoms with E-state index in [4.69, 9.17) is 34.8 Å². The van der Waals surface area contributed by atoms with Crippen LogP contribution < -0.4 is 11.6 Å². The van der Waals surface area contributed by atoms with Crippen LogP contribution in [0.25, 0.3) is 17.0 Å². The first-order chi connectivity index (χ1) is 18.1. The molecule has 6 nitrogen and oxygen atoms in total. The van der Waals surface area contributed by atoms with E-state index in [1.807, 2.05) is 54.6 Å². The molecule has 8 heteroatoms. The summed E-state index contributed by atoms with van der Waals surface area (Å²) < 4.78 is 1.56. The minimum atomic E-state index is 0.348. The van der Waals surface area contributed by atoms with Gasteiger partial charge in [0.1, 0.15) is 10.9 Å². The average molecular weight is 552 g/mol. The number of nitrogens with two attached hydrogens (primary N) is 2. The molecule has 0 fully saturated rings. The van der Waals surface area contributed by atoms with Gasteiger partial charge in [0.05, 0.1) is 12.2 Å². The highest BCUT2D eigenvalue weighted by Gasteiger charge is 2.11. The lowest BCUT2D eigenvalue weighted by molar-refractivity contribution is 0.375. The number of halogens is 2. The van der Waals surface area contributed by atoms with Crippen molar-refractivity contribution in [2.45, 2.75) is 46.1 Å². The monoisotopic (exact) mass is 550 g/mol. The molecule has 0 aliphatic heterocycles. The van der Waals surface area contributed by atoms with Gasteiger partial charge < -0.3 is 5.73 Å². The highest BCUT2D eigenvalue weighted by atomic mass is 35.5. The summed E-state index contributed by atoms with van der Waals surface area (Å²) in [4.78, 5) is 0. The second-order valence-electron chi connectivity index (χ2n) is 9.72. The Morgan fingerprint density at radius 3 is 1.87 bits per heavy atom. The maximum absolute atomic E-state index is 6.32. The van der Waals surface area contributed by atoms with E-state index in [2.05, 4.69) is 62.3 Å². The maximum Gasteiger partial charge on any atom is 0.154 e. The first kappa shape index (κ1) is 29.2. The molecule has 1 aromatic heterocycles. The summed E-state index contributed by atoms with van der Waals surface area (Å²) in [6.45, 7) is 9.16. The molecule has 0 bridgehead atoms. The molecular weight excluding hydrogens is 515 g/mol. The second-order valence-corrected chi connectivity index (χ2v) is 10.4. The SMILES string of the molecule is CC(C)c1ccc(-c2nnn(C)c2Cl)cc1.CC(C)c1ccc(/C(N)=C(\Cl)N(N)Cc2ccccc2)cc1. The zero-order valence-corrected chi connectivity index (χ0v) is 24.1. The Morgan fingerprint density at radius 1 is 0.868 bits per heavy atom. The van der Waals surface area contributed by atoms with E-state index in [0.717, 1.165) is 22.4 Å². The van der Waals surface area contributed by atoms with Gasteiger partial charge in [-0.1, -0.05) is 135 Å². The average Bonchev–Trinajstić information content (AvgIpc) is 3.26. The van der Waals surface area contributed by atoms with Crippen LogP contribution in [0.4, 0.5) is 0 Å². The van der Waals surface area contributed by atoms with Crippen LogP contribution in [0.1, 0.15) is 61.8 Å². The molecule has 4 rings (SSSR count). The summed E-state index contributed by atoms with van der Waals surface area (Å²) in [6, 6.07) is 26.2. The molecule has 0 spiro atoms. The number of benzene rings is 3. The molecule has 200 valence electrons. The second kappa shape index (κ2) is 13.5. The molecule has 0 radical (unpaired) electrons. The van der Waals surface area contributed by atoms with Crippen molar-refractivity contribution in [3.8, 4) is 11.3 Å². The van der Waals surface area contributed by atoms with Gasteiger partial charge in [-0.15, -0.1) is 5.10 Å². The number of aromatic nitrogens is 3. The predicted octanol–water partition coefficient (Wildman–Crippen LogP) is 7.27. The van der Waals surface area contributed by atoms with Gasteiger partial charge in [-0.3, -0.25) is 5.01 Å².